The van der Waals surface area contributed by atoms with Gasteiger partial charge in [-0.15, -0.1) is 11.6 Å². The van der Waals surface area contributed by atoms with Crippen molar-refractivity contribution in [3.63, 3.8) is 0 Å². The molecule has 2 saturated carbocycles. The number of rotatable bonds is 2. The molecule has 2 aliphatic rings. The van der Waals surface area contributed by atoms with Crippen molar-refractivity contribution in [3.8, 4) is 0 Å². The van der Waals surface area contributed by atoms with Crippen LogP contribution in [0.2, 0.25) is 0 Å². The first-order chi connectivity index (χ1) is 4.96. The Hall–Kier alpha value is 0.290. The van der Waals surface area contributed by atoms with E-state index in [2.05, 4.69) is 20.8 Å². The quantitative estimate of drug-likeness (QED) is 0.560. The highest BCUT2D eigenvalue weighted by Crippen LogP contribution is 2.63. The van der Waals surface area contributed by atoms with E-state index in [0.29, 0.717) is 5.41 Å². The van der Waals surface area contributed by atoms with Crippen molar-refractivity contribution in [2.24, 2.45) is 17.3 Å². The van der Waals surface area contributed by atoms with Crippen molar-refractivity contribution in [1.82, 2.24) is 0 Å². The van der Waals surface area contributed by atoms with Crippen molar-refractivity contribution in [1.29, 1.82) is 0 Å². The fourth-order valence-corrected chi connectivity index (χ4v) is 2.54. The van der Waals surface area contributed by atoms with E-state index < -0.39 is 0 Å². The Balaban J connectivity index is 1.97. The van der Waals surface area contributed by atoms with Crippen molar-refractivity contribution >= 4 is 11.6 Å². The Labute approximate surface area is 74.3 Å². The summed E-state index contributed by atoms with van der Waals surface area (Å²) in [5, 5.41) is 0. The minimum atomic E-state index is 0.221. The predicted molar refractivity (Wildman–Crippen MR) is 48.9 cm³/mol. The molecule has 2 fully saturated rings. The van der Waals surface area contributed by atoms with E-state index in [1.165, 1.54) is 19.3 Å². The largest absolute Gasteiger partial charge is 0.119 e. The van der Waals surface area contributed by atoms with E-state index in [1.54, 1.807) is 0 Å². The second kappa shape index (κ2) is 1.96. The summed E-state index contributed by atoms with van der Waals surface area (Å²) in [5.41, 5.74) is 0.601. The van der Waals surface area contributed by atoms with Crippen LogP contribution in [0.15, 0.2) is 0 Å². The summed E-state index contributed by atoms with van der Waals surface area (Å²) in [6.45, 7) is 7.05. The van der Waals surface area contributed by atoms with Crippen LogP contribution in [-0.4, -0.2) is 4.87 Å². The van der Waals surface area contributed by atoms with E-state index in [1.807, 2.05) is 0 Å². The highest BCUT2D eigenvalue weighted by molar-refractivity contribution is 6.26. The maximum atomic E-state index is 6.36. The zero-order valence-electron chi connectivity index (χ0n) is 7.65. The normalized spacial score (nSPS) is 39.8. The highest BCUT2D eigenvalue weighted by Gasteiger charge is 2.58. The number of alkyl halides is 1. The Morgan fingerprint density at radius 2 is 1.82 bits per heavy atom. The molecule has 11 heavy (non-hydrogen) atoms. The Bertz CT molecular complexity index is 179. The average molecular weight is 173 g/mol. The van der Waals surface area contributed by atoms with Crippen LogP contribution in [0.5, 0.6) is 0 Å². The molecule has 0 aromatic rings. The van der Waals surface area contributed by atoms with Crippen LogP contribution in [0.1, 0.15) is 40.0 Å². The van der Waals surface area contributed by atoms with Gasteiger partial charge in [-0.3, -0.25) is 0 Å². The van der Waals surface area contributed by atoms with Gasteiger partial charge < -0.3 is 0 Å². The number of hydrogen-bond acceptors (Lipinski definition) is 0. The molecule has 0 N–H and O–H groups in total. The van der Waals surface area contributed by atoms with Gasteiger partial charge in [-0.25, -0.2) is 0 Å². The maximum absolute atomic E-state index is 6.36. The molecule has 0 aliphatic heterocycles. The molecule has 2 rings (SSSR count). The van der Waals surface area contributed by atoms with Crippen LogP contribution in [0.4, 0.5) is 0 Å². The molecule has 0 aromatic carbocycles. The molecule has 0 saturated heterocycles. The van der Waals surface area contributed by atoms with Gasteiger partial charge in [0.1, 0.15) is 0 Å². The van der Waals surface area contributed by atoms with Crippen molar-refractivity contribution in [3.05, 3.63) is 0 Å². The molecular weight excluding hydrogens is 156 g/mol. The van der Waals surface area contributed by atoms with Crippen LogP contribution in [0, 0.1) is 17.3 Å². The Morgan fingerprint density at radius 3 is 2.09 bits per heavy atom. The summed E-state index contributed by atoms with van der Waals surface area (Å²) in [7, 11) is 0. The van der Waals surface area contributed by atoms with Gasteiger partial charge in [0.2, 0.25) is 0 Å². The number of halogens is 1. The standard InChI is InChI=1S/C10H17Cl/c1-7(10(11)4-5-10)8-6-9(8,2)3/h7-8H,4-6H2,1-3H3. The first-order valence-corrected chi connectivity index (χ1v) is 5.02. The highest BCUT2D eigenvalue weighted by atomic mass is 35.5. The van der Waals surface area contributed by atoms with Gasteiger partial charge in [0.25, 0.3) is 0 Å². The Kier molecular flexibility index (Phi) is 1.41. The fraction of sp³-hybridized carbons (Fsp3) is 1.00. The minimum Gasteiger partial charge on any atom is -0.119 e. The molecule has 0 bridgehead atoms. The van der Waals surface area contributed by atoms with Gasteiger partial charge in [-0.1, -0.05) is 20.8 Å². The van der Waals surface area contributed by atoms with Crippen LogP contribution in [-0.2, 0) is 0 Å². The van der Waals surface area contributed by atoms with Gasteiger partial charge in [0.15, 0.2) is 0 Å². The molecule has 1 heteroatoms. The topological polar surface area (TPSA) is 0 Å². The summed E-state index contributed by atoms with van der Waals surface area (Å²) < 4.78 is 0. The lowest BCUT2D eigenvalue weighted by Gasteiger charge is -2.18. The molecule has 0 heterocycles. The molecule has 0 radical (unpaired) electrons. The van der Waals surface area contributed by atoms with Crippen LogP contribution in [0.3, 0.4) is 0 Å². The second-order valence-corrected chi connectivity index (χ2v) is 5.88. The monoisotopic (exact) mass is 172 g/mol. The van der Waals surface area contributed by atoms with Gasteiger partial charge in [-0.2, -0.15) is 0 Å². The van der Waals surface area contributed by atoms with Gasteiger partial charge >= 0.3 is 0 Å². The lowest BCUT2D eigenvalue weighted by Crippen LogP contribution is -2.16. The summed E-state index contributed by atoms with van der Waals surface area (Å²) in [5.74, 6) is 1.65. The Morgan fingerprint density at radius 1 is 1.36 bits per heavy atom. The fourth-order valence-electron chi connectivity index (χ4n) is 2.30. The zero-order valence-corrected chi connectivity index (χ0v) is 8.41. The van der Waals surface area contributed by atoms with E-state index in [9.17, 15) is 0 Å². The lowest BCUT2D eigenvalue weighted by molar-refractivity contribution is 0.397. The predicted octanol–water partition coefficient (Wildman–Crippen LogP) is 3.44. The van der Waals surface area contributed by atoms with Crippen molar-refractivity contribution in [2.75, 3.05) is 0 Å². The minimum absolute atomic E-state index is 0.221. The average Bonchev–Trinajstić information content (AvgIpc) is 2.73. The lowest BCUT2D eigenvalue weighted by atomic mass is 9.94. The summed E-state index contributed by atoms with van der Waals surface area (Å²) in [6, 6.07) is 0. The molecule has 2 atom stereocenters. The number of hydrogen-bond donors (Lipinski definition) is 0. The van der Waals surface area contributed by atoms with E-state index in [0.717, 1.165) is 11.8 Å². The molecule has 2 unspecified atom stereocenters. The van der Waals surface area contributed by atoms with E-state index >= 15 is 0 Å². The van der Waals surface area contributed by atoms with Crippen molar-refractivity contribution in [2.45, 2.75) is 44.9 Å². The summed E-state index contributed by atoms with van der Waals surface area (Å²) >= 11 is 6.36. The molecule has 64 valence electrons. The van der Waals surface area contributed by atoms with Gasteiger partial charge in [0, 0.05) is 4.87 Å². The van der Waals surface area contributed by atoms with Crippen LogP contribution < -0.4 is 0 Å². The first kappa shape index (κ1) is 7.91. The first-order valence-electron chi connectivity index (χ1n) is 4.65. The zero-order chi connectivity index (χ0) is 8.28. The van der Waals surface area contributed by atoms with Crippen LogP contribution >= 0.6 is 11.6 Å². The molecule has 2 aliphatic carbocycles. The van der Waals surface area contributed by atoms with E-state index in [-0.39, 0.29) is 4.87 Å². The maximum Gasteiger partial charge on any atom is 0.0476 e. The molecule has 0 aromatic heterocycles. The molecule has 0 amide bonds. The van der Waals surface area contributed by atoms with Crippen molar-refractivity contribution < 1.29 is 0 Å². The molecule has 0 nitrogen and oxygen atoms in total. The summed E-state index contributed by atoms with van der Waals surface area (Å²) in [4.78, 5) is 0.221. The third-order valence-electron chi connectivity index (χ3n) is 3.74. The third-order valence-corrected chi connectivity index (χ3v) is 4.46. The third kappa shape index (κ3) is 1.20. The smallest absolute Gasteiger partial charge is 0.0476 e. The summed E-state index contributed by atoms with van der Waals surface area (Å²) in [6.07, 6.45) is 3.90. The second-order valence-electron chi connectivity index (χ2n) is 5.12. The van der Waals surface area contributed by atoms with Gasteiger partial charge in [0.05, 0.1) is 0 Å². The van der Waals surface area contributed by atoms with E-state index in [4.69, 9.17) is 11.6 Å². The molecule has 0 spiro atoms. The van der Waals surface area contributed by atoms with Gasteiger partial charge in [-0.05, 0) is 36.5 Å². The molecular formula is C10H17Cl. The van der Waals surface area contributed by atoms with Crippen LogP contribution in [0.25, 0.3) is 0 Å². The SMILES string of the molecule is CC(C1CC1(C)C)C1(Cl)CC1.